The van der Waals surface area contributed by atoms with Crippen LogP contribution >= 0.6 is 0 Å². The standard InChI is InChI=1S/C35H43F3O6/c1-22-14-18-33-21-31(33,2)16-8-11-27(33)32(22,3)17-15-23-12-13-26(42-20-23)25-19-28(39)43-29(25)44-30(40)34(41-4,35(36,37)38)24-9-6-5-7-10-24/h5-7,9-10,12,19,22,26-27,29H,8,11,13-18,20-21H2,1-4H3/t22-,26+,27+,29-,31-,32-,33-,34-/m0/s1. The van der Waals surface area contributed by atoms with E-state index in [1.165, 1.54) is 62.3 Å². The van der Waals surface area contributed by atoms with Crippen molar-refractivity contribution in [3.63, 3.8) is 0 Å². The second-order valence-corrected chi connectivity index (χ2v) is 14.2. The quantitative estimate of drug-likeness (QED) is 0.222. The lowest BCUT2D eigenvalue weighted by Gasteiger charge is -2.55. The minimum Gasteiger partial charge on any atom is -0.418 e. The first-order valence-corrected chi connectivity index (χ1v) is 15.9. The highest BCUT2D eigenvalue weighted by atomic mass is 19.4. The lowest BCUT2D eigenvalue weighted by atomic mass is 9.50. The average Bonchev–Trinajstić information content (AvgIpc) is 3.46. The topological polar surface area (TPSA) is 71.1 Å². The number of halogens is 3. The number of cyclic esters (lactones) is 1. The SMILES string of the molecule is CO[C@](C(=O)O[C@@H]1OC(=O)C=C1[C@H]1CC=C(CC[C@]2(C)[C@H]3CCC[C@@]4(C)C[C@@]34CC[C@@H]2C)CO1)(c1ccccc1)C(F)(F)F. The number of ether oxygens (including phenoxy) is 4. The Morgan fingerprint density at radius 3 is 2.52 bits per heavy atom. The van der Waals surface area contributed by atoms with Crippen LogP contribution in [0.4, 0.5) is 13.2 Å². The Bertz CT molecular complexity index is 1360. The van der Waals surface area contributed by atoms with Crippen molar-refractivity contribution in [1.82, 2.24) is 0 Å². The average molecular weight is 617 g/mol. The summed E-state index contributed by atoms with van der Waals surface area (Å²) in [4.78, 5) is 25.4. The predicted molar refractivity (Wildman–Crippen MR) is 156 cm³/mol. The van der Waals surface area contributed by atoms with Gasteiger partial charge in [0.1, 0.15) is 0 Å². The molecule has 0 amide bonds. The number of hydrogen-bond donors (Lipinski definition) is 0. The van der Waals surface area contributed by atoms with Crippen LogP contribution in [0.15, 0.2) is 53.6 Å². The third kappa shape index (κ3) is 4.84. The third-order valence-electron chi connectivity index (χ3n) is 12.2. The molecule has 3 aliphatic carbocycles. The highest BCUT2D eigenvalue weighted by Gasteiger charge is 2.72. The summed E-state index contributed by atoms with van der Waals surface area (Å²) >= 11 is 0. The number of methoxy groups -OCH3 is 1. The molecule has 2 aliphatic heterocycles. The van der Waals surface area contributed by atoms with Gasteiger partial charge in [-0.1, -0.05) is 63.6 Å². The van der Waals surface area contributed by atoms with E-state index in [2.05, 4.69) is 26.8 Å². The fourth-order valence-electron chi connectivity index (χ4n) is 9.36. The van der Waals surface area contributed by atoms with Gasteiger partial charge in [-0.25, -0.2) is 9.59 Å². The maximum Gasteiger partial charge on any atom is 0.432 e. The molecule has 3 saturated carbocycles. The van der Waals surface area contributed by atoms with Gasteiger partial charge in [-0.05, 0) is 85.0 Å². The molecule has 3 fully saturated rings. The summed E-state index contributed by atoms with van der Waals surface area (Å²) in [5.74, 6) is -1.12. The highest BCUT2D eigenvalue weighted by molar-refractivity contribution is 5.87. The summed E-state index contributed by atoms with van der Waals surface area (Å²) in [5, 5.41) is 0. The molecule has 8 atom stereocenters. The van der Waals surface area contributed by atoms with Crippen LogP contribution in [0.2, 0.25) is 0 Å². The van der Waals surface area contributed by atoms with Crippen molar-refractivity contribution in [2.45, 2.75) is 103 Å². The van der Waals surface area contributed by atoms with Gasteiger partial charge in [0.15, 0.2) is 0 Å². The summed E-state index contributed by atoms with van der Waals surface area (Å²) in [7, 11) is 0.793. The first kappa shape index (κ1) is 31.3. The summed E-state index contributed by atoms with van der Waals surface area (Å²) in [6, 6.07) is 6.54. The molecule has 44 heavy (non-hydrogen) atoms. The zero-order chi connectivity index (χ0) is 31.5. The van der Waals surface area contributed by atoms with Crippen LogP contribution in [-0.4, -0.2) is 44.2 Å². The predicted octanol–water partition coefficient (Wildman–Crippen LogP) is 7.57. The number of alkyl halides is 3. The molecule has 1 aromatic rings. The molecule has 1 aromatic carbocycles. The Kier molecular flexibility index (Phi) is 7.84. The molecule has 0 bridgehead atoms. The monoisotopic (exact) mass is 616 g/mol. The summed E-state index contributed by atoms with van der Waals surface area (Å²) < 4.78 is 64.4. The molecule has 6 rings (SSSR count). The normalized spacial score (nSPS) is 37.9. The van der Waals surface area contributed by atoms with E-state index in [1.54, 1.807) is 0 Å². The van der Waals surface area contributed by atoms with Gasteiger partial charge in [-0.15, -0.1) is 0 Å². The number of carbonyl (C=O) groups excluding carboxylic acids is 2. The summed E-state index contributed by atoms with van der Waals surface area (Å²) in [6.07, 6.45) is 6.23. The highest BCUT2D eigenvalue weighted by Crippen LogP contribution is 2.80. The van der Waals surface area contributed by atoms with E-state index in [4.69, 9.17) is 18.9 Å². The van der Waals surface area contributed by atoms with Crippen LogP contribution in [0.25, 0.3) is 0 Å². The van der Waals surface area contributed by atoms with Gasteiger partial charge in [-0.2, -0.15) is 13.2 Å². The lowest BCUT2D eigenvalue weighted by Crippen LogP contribution is -2.52. The van der Waals surface area contributed by atoms with Crippen LogP contribution in [0, 0.1) is 28.1 Å². The molecule has 240 valence electrons. The zero-order valence-electron chi connectivity index (χ0n) is 26.0. The first-order chi connectivity index (χ1) is 20.8. The van der Waals surface area contributed by atoms with Crippen LogP contribution in [0.3, 0.4) is 0 Å². The fourth-order valence-corrected chi connectivity index (χ4v) is 9.36. The third-order valence-corrected chi connectivity index (χ3v) is 12.2. The van der Waals surface area contributed by atoms with Crippen LogP contribution < -0.4 is 0 Å². The van der Waals surface area contributed by atoms with Gasteiger partial charge in [0.05, 0.1) is 12.7 Å². The van der Waals surface area contributed by atoms with Crippen molar-refractivity contribution in [2.24, 2.45) is 28.1 Å². The molecule has 5 aliphatic rings. The molecular formula is C35H43F3O6. The molecule has 0 N–H and O–H groups in total. The zero-order valence-corrected chi connectivity index (χ0v) is 26.0. The van der Waals surface area contributed by atoms with Crippen LogP contribution in [-0.2, 0) is 34.1 Å². The molecular weight excluding hydrogens is 573 g/mol. The molecule has 6 nitrogen and oxygen atoms in total. The van der Waals surface area contributed by atoms with E-state index >= 15 is 0 Å². The van der Waals surface area contributed by atoms with Gasteiger partial charge in [0.2, 0.25) is 0 Å². The molecule has 9 heteroatoms. The van der Waals surface area contributed by atoms with Gasteiger partial charge in [0.25, 0.3) is 11.9 Å². The Hall–Kier alpha value is -2.65. The van der Waals surface area contributed by atoms with E-state index in [0.29, 0.717) is 29.8 Å². The van der Waals surface area contributed by atoms with Crippen molar-refractivity contribution in [1.29, 1.82) is 0 Å². The largest absolute Gasteiger partial charge is 0.432 e. The Morgan fingerprint density at radius 1 is 1.11 bits per heavy atom. The van der Waals surface area contributed by atoms with E-state index < -0.39 is 41.7 Å². The van der Waals surface area contributed by atoms with Crippen molar-refractivity contribution < 1.29 is 41.7 Å². The van der Waals surface area contributed by atoms with E-state index in [0.717, 1.165) is 44.1 Å². The lowest BCUT2D eigenvalue weighted by molar-refractivity contribution is -0.281. The van der Waals surface area contributed by atoms with Crippen molar-refractivity contribution >= 4 is 11.9 Å². The summed E-state index contributed by atoms with van der Waals surface area (Å²) in [6.45, 7) is 7.76. The summed E-state index contributed by atoms with van der Waals surface area (Å²) in [5.41, 5.74) is -1.15. The Labute approximate surface area is 257 Å². The molecule has 0 aromatic heterocycles. The molecule has 0 saturated heterocycles. The first-order valence-electron chi connectivity index (χ1n) is 15.9. The minimum atomic E-state index is -5.15. The van der Waals surface area contributed by atoms with Gasteiger partial charge < -0.3 is 18.9 Å². The van der Waals surface area contributed by atoms with Crippen LogP contribution in [0.1, 0.15) is 84.1 Å². The maximum atomic E-state index is 14.4. The number of carbonyl (C=O) groups is 2. The van der Waals surface area contributed by atoms with E-state index in [1.807, 2.05) is 0 Å². The number of benzene rings is 1. The smallest absolute Gasteiger partial charge is 0.418 e. The van der Waals surface area contributed by atoms with E-state index in [9.17, 15) is 22.8 Å². The maximum absolute atomic E-state index is 14.4. The molecule has 0 radical (unpaired) electrons. The Morgan fingerprint density at radius 2 is 1.86 bits per heavy atom. The van der Waals surface area contributed by atoms with E-state index in [-0.39, 0.29) is 11.0 Å². The van der Waals surface area contributed by atoms with Crippen LogP contribution in [0.5, 0.6) is 0 Å². The molecule has 2 heterocycles. The van der Waals surface area contributed by atoms with Crippen molar-refractivity contribution in [3.8, 4) is 0 Å². The Balaban J connectivity index is 1.13. The van der Waals surface area contributed by atoms with Gasteiger partial charge >= 0.3 is 18.1 Å². The van der Waals surface area contributed by atoms with Crippen molar-refractivity contribution in [3.05, 3.63) is 59.2 Å². The number of esters is 2. The molecule has 0 unspecified atom stereocenters. The second kappa shape index (κ2) is 11.0. The number of rotatable bonds is 8. The van der Waals surface area contributed by atoms with Gasteiger partial charge in [-0.3, -0.25) is 0 Å². The number of hydrogen-bond acceptors (Lipinski definition) is 6. The fraction of sp³-hybridized carbons (Fsp3) is 0.657. The minimum absolute atomic E-state index is 0.184. The second-order valence-electron chi connectivity index (χ2n) is 14.2. The van der Waals surface area contributed by atoms with Crippen molar-refractivity contribution in [2.75, 3.05) is 13.7 Å². The molecule has 1 spiro atoms. The van der Waals surface area contributed by atoms with Gasteiger partial charge in [0, 0.05) is 24.3 Å².